The highest BCUT2D eigenvalue weighted by molar-refractivity contribution is 7.96. The first-order valence-corrected chi connectivity index (χ1v) is 7.26. The first kappa shape index (κ1) is 13.9. The third-order valence-electron chi connectivity index (χ3n) is 3.13. The summed E-state index contributed by atoms with van der Waals surface area (Å²) in [4.78, 5) is 22.5. The lowest BCUT2D eigenvalue weighted by atomic mass is 10.1. The quantitative estimate of drug-likeness (QED) is 0.539. The van der Waals surface area contributed by atoms with Gasteiger partial charge in [0, 0.05) is 19.1 Å². The van der Waals surface area contributed by atoms with Crippen molar-refractivity contribution in [3.8, 4) is 0 Å². The summed E-state index contributed by atoms with van der Waals surface area (Å²) in [5.41, 5.74) is 0.688. The van der Waals surface area contributed by atoms with Gasteiger partial charge in [0.15, 0.2) is 0 Å². The number of piperidine rings is 1. The summed E-state index contributed by atoms with van der Waals surface area (Å²) in [6.45, 7) is 1.93. The van der Waals surface area contributed by atoms with Crippen LogP contribution < -0.4 is 10.6 Å². The summed E-state index contributed by atoms with van der Waals surface area (Å²) < 4.78 is 2.28. The molecule has 1 fully saturated rings. The Morgan fingerprint density at radius 3 is 2.95 bits per heavy atom. The van der Waals surface area contributed by atoms with Gasteiger partial charge < -0.3 is 10.6 Å². The van der Waals surface area contributed by atoms with Crippen molar-refractivity contribution in [2.75, 3.05) is 24.7 Å². The van der Waals surface area contributed by atoms with E-state index in [1.165, 1.54) is 6.20 Å². The number of rotatable bonds is 5. The van der Waals surface area contributed by atoms with Crippen LogP contribution in [0.1, 0.15) is 23.3 Å². The SMILES string of the molecule is CSN1CCC(NC(=O)c2[nH]ncc2NC=O)CC1. The predicted octanol–water partition coefficient (Wildman–Crippen LogP) is 0.450. The summed E-state index contributed by atoms with van der Waals surface area (Å²) in [7, 11) is 0. The van der Waals surface area contributed by atoms with Gasteiger partial charge in [-0.25, -0.2) is 0 Å². The molecule has 1 aliphatic heterocycles. The summed E-state index contributed by atoms with van der Waals surface area (Å²) in [5, 5.41) is 11.8. The Balaban J connectivity index is 1.90. The molecule has 104 valence electrons. The van der Waals surface area contributed by atoms with Gasteiger partial charge in [0.1, 0.15) is 5.69 Å². The van der Waals surface area contributed by atoms with Crippen LogP contribution in [0.4, 0.5) is 5.69 Å². The molecule has 1 saturated heterocycles. The summed E-state index contributed by atoms with van der Waals surface area (Å²) >= 11 is 1.73. The predicted molar refractivity (Wildman–Crippen MR) is 73.9 cm³/mol. The fourth-order valence-electron chi connectivity index (χ4n) is 2.07. The molecule has 1 aliphatic rings. The van der Waals surface area contributed by atoms with E-state index < -0.39 is 0 Å². The van der Waals surface area contributed by atoms with Gasteiger partial charge in [-0.15, -0.1) is 0 Å². The second kappa shape index (κ2) is 6.58. The summed E-state index contributed by atoms with van der Waals surface area (Å²) in [6.07, 6.45) is 5.85. The topological polar surface area (TPSA) is 90.1 Å². The Morgan fingerprint density at radius 2 is 2.32 bits per heavy atom. The van der Waals surface area contributed by atoms with Crippen molar-refractivity contribution in [1.29, 1.82) is 0 Å². The van der Waals surface area contributed by atoms with Gasteiger partial charge in [0.2, 0.25) is 6.41 Å². The van der Waals surface area contributed by atoms with E-state index in [9.17, 15) is 9.59 Å². The maximum absolute atomic E-state index is 12.1. The molecule has 0 radical (unpaired) electrons. The average Bonchev–Trinajstić information content (AvgIpc) is 2.88. The van der Waals surface area contributed by atoms with E-state index in [4.69, 9.17) is 0 Å². The average molecular weight is 283 g/mol. The van der Waals surface area contributed by atoms with Crippen molar-refractivity contribution in [1.82, 2.24) is 19.8 Å². The number of anilines is 1. The number of carbonyl (C=O) groups excluding carboxylic acids is 2. The Bertz CT molecular complexity index is 442. The van der Waals surface area contributed by atoms with Crippen LogP contribution in [-0.2, 0) is 4.79 Å². The number of hydrogen-bond donors (Lipinski definition) is 3. The number of aromatic amines is 1. The molecule has 7 nitrogen and oxygen atoms in total. The number of nitrogens with one attached hydrogen (secondary N) is 3. The number of carbonyl (C=O) groups is 2. The van der Waals surface area contributed by atoms with Gasteiger partial charge in [0.05, 0.1) is 11.9 Å². The standard InChI is InChI=1S/C11H17N5O2S/c1-19-16-4-2-8(3-5-16)14-11(18)10-9(12-7-17)6-13-15-10/h6-8H,2-5H2,1H3,(H,12,17)(H,13,15)(H,14,18). The molecule has 0 atom stereocenters. The normalized spacial score (nSPS) is 17.1. The van der Waals surface area contributed by atoms with E-state index in [-0.39, 0.29) is 11.9 Å². The van der Waals surface area contributed by atoms with Crippen molar-refractivity contribution < 1.29 is 9.59 Å². The highest BCUT2D eigenvalue weighted by atomic mass is 32.2. The minimum absolute atomic E-state index is 0.170. The van der Waals surface area contributed by atoms with E-state index >= 15 is 0 Å². The smallest absolute Gasteiger partial charge is 0.271 e. The van der Waals surface area contributed by atoms with Gasteiger partial charge in [0.25, 0.3) is 5.91 Å². The zero-order valence-corrected chi connectivity index (χ0v) is 11.5. The van der Waals surface area contributed by atoms with Crippen molar-refractivity contribution in [2.45, 2.75) is 18.9 Å². The van der Waals surface area contributed by atoms with E-state index in [2.05, 4.69) is 31.4 Å². The van der Waals surface area contributed by atoms with Gasteiger partial charge in [-0.2, -0.15) is 5.10 Å². The zero-order chi connectivity index (χ0) is 13.7. The van der Waals surface area contributed by atoms with Crippen LogP contribution >= 0.6 is 11.9 Å². The van der Waals surface area contributed by atoms with Gasteiger partial charge in [-0.1, -0.05) is 11.9 Å². The molecule has 0 spiro atoms. The first-order valence-electron chi connectivity index (χ1n) is 6.08. The number of hydrogen-bond acceptors (Lipinski definition) is 5. The fourth-order valence-corrected chi connectivity index (χ4v) is 2.65. The molecular formula is C11H17N5O2S. The number of H-pyrrole nitrogens is 1. The van der Waals surface area contributed by atoms with Crippen molar-refractivity contribution in [3.05, 3.63) is 11.9 Å². The Hall–Kier alpha value is -1.54. The lowest BCUT2D eigenvalue weighted by molar-refractivity contribution is -0.105. The molecule has 8 heteroatoms. The Morgan fingerprint density at radius 1 is 1.58 bits per heavy atom. The molecule has 0 unspecified atom stereocenters. The highest BCUT2D eigenvalue weighted by Gasteiger charge is 2.22. The fraction of sp³-hybridized carbons (Fsp3) is 0.545. The molecule has 2 heterocycles. The minimum atomic E-state index is -0.232. The molecule has 2 amide bonds. The third-order valence-corrected chi connectivity index (χ3v) is 4.01. The van der Waals surface area contributed by atoms with E-state index in [0.29, 0.717) is 17.8 Å². The number of amides is 2. The lowest BCUT2D eigenvalue weighted by Crippen LogP contribution is -2.42. The largest absolute Gasteiger partial charge is 0.348 e. The van der Waals surface area contributed by atoms with Crippen molar-refractivity contribution in [3.63, 3.8) is 0 Å². The van der Waals surface area contributed by atoms with E-state index in [1.54, 1.807) is 11.9 Å². The first-order chi connectivity index (χ1) is 9.24. The monoisotopic (exact) mass is 283 g/mol. The lowest BCUT2D eigenvalue weighted by Gasteiger charge is -2.30. The van der Waals surface area contributed by atoms with Crippen molar-refractivity contribution >= 4 is 30.0 Å². The van der Waals surface area contributed by atoms with E-state index in [0.717, 1.165) is 25.9 Å². The highest BCUT2D eigenvalue weighted by Crippen LogP contribution is 2.17. The molecule has 0 saturated carbocycles. The van der Waals surface area contributed by atoms with Gasteiger partial charge in [-0.05, 0) is 19.1 Å². The number of aromatic nitrogens is 2. The van der Waals surface area contributed by atoms with Crippen LogP contribution in [0.5, 0.6) is 0 Å². The Kier molecular flexibility index (Phi) is 4.80. The third kappa shape index (κ3) is 3.48. The van der Waals surface area contributed by atoms with Crippen LogP contribution in [0, 0.1) is 0 Å². The molecule has 19 heavy (non-hydrogen) atoms. The Labute approximate surface area is 115 Å². The van der Waals surface area contributed by atoms with Crippen LogP contribution in [0.3, 0.4) is 0 Å². The van der Waals surface area contributed by atoms with Gasteiger partial charge in [-0.3, -0.25) is 19.0 Å². The molecule has 1 aromatic heterocycles. The van der Waals surface area contributed by atoms with E-state index in [1.807, 2.05) is 0 Å². The number of nitrogens with zero attached hydrogens (tertiary/aromatic N) is 2. The molecule has 0 bridgehead atoms. The maximum atomic E-state index is 12.1. The second-order valence-electron chi connectivity index (χ2n) is 4.28. The van der Waals surface area contributed by atoms with Crippen LogP contribution in [0.15, 0.2) is 6.20 Å². The molecule has 0 aliphatic carbocycles. The second-order valence-corrected chi connectivity index (χ2v) is 5.16. The molecule has 3 N–H and O–H groups in total. The molecular weight excluding hydrogens is 266 g/mol. The van der Waals surface area contributed by atoms with Crippen molar-refractivity contribution in [2.24, 2.45) is 0 Å². The molecule has 0 aromatic carbocycles. The van der Waals surface area contributed by atoms with Gasteiger partial charge >= 0.3 is 0 Å². The summed E-state index contributed by atoms with van der Waals surface area (Å²) in [6, 6.07) is 0.170. The summed E-state index contributed by atoms with van der Waals surface area (Å²) in [5.74, 6) is -0.232. The van der Waals surface area contributed by atoms with Crippen LogP contribution in [0.2, 0.25) is 0 Å². The zero-order valence-electron chi connectivity index (χ0n) is 10.7. The minimum Gasteiger partial charge on any atom is -0.348 e. The molecule has 1 aromatic rings. The molecule has 2 rings (SSSR count). The van der Waals surface area contributed by atoms with Crippen LogP contribution in [-0.4, -0.2) is 52.2 Å². The maximum Gasteiger partial charge on any atom is 0.271 e. The van der Waals surface area contributed by atoms with Crippen LogP contribution in [0.25, 0.3) is 0 Å².